The number of carbonyl (C=O) groups is 4. The molecule has 2 fully saturated rings. The number of nitrogens with one attached hydrogen (secondary N) is 4. The number of H-pyrrole nitrogens is 2. The Hall–Kier alpha value is -3.87. The lowest BCUT2D eigenvalue weighted by Crippen LogP contribution is -2.47. The summed E-state index contributed by atoms with van der Waals surface area (Å²) in [6.07, 6.45) is 2.76. The summed E-state index contributed by atoms with van der Waals surface area (Å²) in [7, 11) is 0. The number of aryl methyl sites for hydroxylation is 2. The number of hydrogen-bond acceptors (Lipinski definition) is 10. The van der Waals surface area contributed by atoms with E-state index in [0.29, 0.717) is 18.1 Å². The number of carbonyl (C=O) groups excluding carboxylic acids is 4. The van der Waals surface area contributed by atoms with Crippen molar-refractivity contribution in [1.29, 1.82) is 0 Å². The summed E-state index contributed by atoms with van der Waals surface area (Å²) in [4.78, 5) is 75.9. The predicted molar refractivity (Wildman–Crippen MR) is 159 cm³/mol. The molecule has 43 heavy (non-hydrogen) atoms. The Morgan fingerprint density at radius 2 is 1.63 bits per heavy atom. The van der Waals surface area contributed by atoms with Crippen LogP contribution in [0.3, 0.4) is 0 Å². The van der Waals surface area contributed by atoms with E-state index in [9.17, 15) is 33.9 Å². The zero-order valence-corrected chi connectivity index (χ0v) is 25.9. The van der Waals surface area contributed by atoms with E-state index in [2.05, 4.69) is 37.2 Å². The minimum absolute atomic E-state index is 0.00750. The number of unbranched alkanes of at least 4 members (excludes halogenated alkanes) is 1. The van der Waals surface area contributed by atoms with Crippen LogP contribution >= 0.6 is 0 Å². The van der Waals surface area contributed by atoms with Crippen molar-refractivity contribution in [3.8, 4) is 0 Å². The van der Waals surface area contributed by atoms with Crippen LogP contribution in [0.5, 0.6) is 0 Å². The number of anilines is 1. The number of aromatic amines is 2. The molecule has 3 atom stereocenters. The second-order valence-electron chi connectivity index (χ2n) is 11.3. The summed E-state index contributed by atoms with van der Waals surface area (Å²) >= 11 is 0. The van der Waals surface area contributed by atoms with Crippen molar-refractivity contribution in [2.75, 3.05) is 11.9 Å². The van der Waals surface area contributed by atoms with Crippen LogP contribution in [-0.2, 0) is 25.6 Å². The van der Waals surface area contributed by atoms with Crippen LogP contribution in [0, 0.1) is 37.5 Å². The number of imide groups is 1. The third-order valence-electron chi connectivity index (χ3n) is 7.47. The lowest BCUT2D eigenvalue weighted by Gasteiger charge is -2.33. The first-order valence-corrected chi connectivity index (χ1v) is 14.8. The standard InChI is InChI=1S/C15H21NO5.C11H19N3O.C4H5NO2/c1-7-3-8(2)15(21)13(14(7)20)10(17)4-9-5-11(18)16-12(19)6-9;1-4-6-7-9-8(3)13-11(12-5-2)14-10(9)15;1-3-2-4(6)5-7-3/h7-10,13,17H,3-6H2,1-2H3,(H,16,18,19);4-7H2,1-3H3,(H2,12,13,14,15);2H,1H3,(H,5,6). The Bertz CT molecular complexity index is 1340. The number of ketones is 2. The number of nitrogens with zero attached hydrogens (tertiary/aromatic N) is 1. The molecule has 3 unspecified atom stereocenters. The molecule has 1 aliphatic carbocycles. The molecule has 0 bridgehead atoms. The Balaban J connectivity index is 0.000000254. The zero-order chi connectivity index (χ0) is 32.3. The molecular formula is C30H45N5O8. The molecule has 0 spiro atoms. The van der Waals surface area contributed by atoms with Gasteiger partial charge in [-0.05, 0) is 52.4 Å². The molecule has 2 aliphatic rings. The van der Waals surface area contributed by atoms with Gasteiger partial charge in [-0.1, -0.05) is 27.2 Å². The van der Waals surface area contributed by atoms with E-state index < -0.39 is 12.0 Å². The molecule has 2 aromatic rings. The van der Waals surface area contributed by atoms with Crippen LogP contribution in [0.2, 0.25) is 0 Å². The van der Waals surface area contributed by atoms with E-state index in [1.807, 2.05) is 13.8 Å². The van der Waals surface area contributed by atoms with Gasteiger partial charge in [-0.25, -0.2) is 4.98 Å². The predicted octanol–water partition coefficient (Wildman–Crippen LogP) is 2.35. The summed E-state index contributed by atoms with van der Waals surface area (Å²) < 4.78 is 4.53. The second-order valence-corrected chi connectivity index (χ2v) is 11.3. The molecule has 1 saturated heterocycles. The van der Waals surface area contributed by atoms with Crippen molar-refractivity contribution in [1.82, 2.24) is 20.4 Å². The van der Waals surface area contributed by atoms with Crippen molar-refractivity contribution in [2.24, 2.45) is 23.7 Å². The van der Waals surface area contributed by atoms with Gasteiger partial charge in [-0.15, -0.1) is 0 Å². The van der Waals surface area contributed by atoms with Gasteiger partial charge >= 0.3 is 0 Å². The quantitative estimate of drug-likeness (QED) is 0.220. The lowest BCUT2D eigenvalue weighted by atomic mass is 9.71. The number of aliphatic hydroxyl groups excluding tert-OH is 1. The molecule has 0 radical (unpaired) electrons. The second kappa shape index (κ2) is 16.7. The Morgan fingerprint density at radius 3 is 2.07 bits per heavy atom. The van der Waals surface area contributed by atoms with E-state index in [4.69, 9.17) is 0 Å². The van der Waals surface area contributed by atoms with Crippen LogP contribution in [0.1, 0.15) is 83.2 Å². The lowest BCUT2D eigenvalue weighted by molar-refractivity contribution is -0.147. The Morgan fingerprint density at radius 1 is 1.02 bits per heavy atom. The number of hydrogen-bond donors (Lipinski definition) is 5. The monoisotopic (exact) mass is 603 g/mol. The van der Waals surface area contributed by atoms with Crippen molar-refractivity contribution < 1.29 is 28.8 Å². The number of piperidine rings is 1. The maximum Gasteiger partial charge on any atom is 0.280 e. The summed E-state index contributed by atoms with van der Waals surface area (Å²) in [5.41, 5.74) is 1.46. The number of amides is 2. The minimum Gasteiger partial charge on any atom is -0.392 e. The van der Waals surface area contributed by atoms with E-state index in [1.165, 1.54) is 6.07 Å². The summed E-state index contributed by atoms with van der Waals surface area (Å²) in [5.74, 6) is -1.81. The first kappa shape index (κ1) is 35.3. The van der Waals surface area contributed by atoms with Crippen molar-refractivity contribution in [3.05, 3.63) is 43.8 Å². The molecule has 238 valence electrons. The molecule has 13 nitrogen and oxygen atoms in total. The van der Waals surface area contributed by atoms with Gasteiger partial charge < -0.3 is 14.9 Å². The highest BCUT2D eigenvalue weighted by molar-refractivity contribution is 6.07. The first-order chi connectivity index (χ1) is 20.3. The van der Waals surface area contributed by atoms with E-state index in [-0.39, 0.29) is 71.5 Å². The number of Topliss-reactive ketones (excluding diaryl/α,β-unsaturated/α-hetero) is 2. The van der Waals surface area contributed by atoms with Crippen LogP contribution in [-0.4, -0.2) is 56.3 Å². The highest BCUT2D eigenvalue weighted by Gasteiger charge is 2.44. The third kappa shape index (κ3) is 10.7. The van der Waals surface area contributed by atoms with Crippen molar-refractivity contribution >= 4 is 29.3 Å². The van der Waals surface area contributed by atoms with Gasteiger partial charge in [0.2, 0.25) is 17.8 Å². The zero-order valence-electron chi connectivity index (χ0n) is 25.9. The molecule has 4 rings (SSSR count). The molecule has 1 aliphatic heterocycles. The molecule has 1 saturated carbocycles. The number of rotatable bonds is 8. The van der Waals surface area contributed by atoms with Crippen LogP contribution in [0.25, 0.3) is 0 Å². The topological polar surface area (TPSA) is 204 Å². The fourth-order valence-corrected chi connectivity index (χ4v) is 5.28. The van der Waals surface area contributed by atoms with Crippen molar-refractivity contribution in [2.45, 2.75) is 92.6 Å². The fourth-order valence-electron chi connectivity index (χ4n) is 5.28. The Kier molecular flexibility index (Phi) is 13.7. The van der Waals surface area contributed by atoms with Gasteiger partial charge in [-0.2, -0.15) is 5.16 Å². The van der Waals surface area contributed by atoms with Gasteiger partial charge in [0, 0.05) is 48.5 Å². The molecule has 13 heteroatoms. The molecule has 2 amide bonds. The van der Waals surface area contributed by atoms with Crippen molar-refractivity contribution in [3.63, 3.8) is 0 Å². The number of aliphatic hydroxyl groups is 1. The molecule has 2 aromatic heterocycles. The van der Waals surface area contributed by atoms with E-state index in [0.717, 1.165) is 37.1 Å². The molecule has 3 heterocycles. The van der Waals surface area contributed by atoms with Crippen LogP contribution in [0.15, 0.2) is 20.2 Å². The largest absolute Gasteiger partial charge is 0.392 e. The molecule has 5 N–H and O–H groups in total. The normalized spacial score (nSPS) is 21.2. The highest BCUT2D eigenvalue weighted by atomic mass is 16.5. The van der Waals surface area contributed by atoms with Gasteiger partial charge in [0.05, 0.1) is 6.10 Å². The fraction of sp³-hybridized carbons (Fsp3) is 0.633. The summed E-state index contributed by atoms with van der Waals surface area (Å²) in [6, 6.07) is 1.39. The average molecular weight is 604 g/mol. The average Bonchev–Trinajstić information content (AvgIpc) is 3.30. The first-order valence-electron chi connectivity index (χ1n) is 14.8. The maximum atomic E-state index is 12.2. The summed E-state index contributed by atoms with van der Waals surface area (Å²) in [5, 5.41) is 17.6. The van der Waals surface area contributed by atoms with Gasteiger partial charge in [-0.3, -0.25) is 39.1 Å². The smallest absolute Gasteiger partial charge is 0.280 e. The number of aromatic nitrogens is 3. The van der Waals surface area contributed by atoms with Gasteiger partial charge in [0.1, 0.15) is 23.2 Å². The highest BCUT2D eigenvalue weighted by Crippen LogP contribution is 2.32. The SMILES string of the molecule is CC1CC(C)C(=O)C(C(O)CC2CC(=O)NC(=O)C2)C1=O.CCCCc1c(C)nc(NCC)[nH]c1=O.Cc1cc(=O)[nH]o1. The van der Waals surface area contributed by atoms with Gasteiger partial charge in [0.15, 0.2) is 0 Å². The van der Waals surface area contributed by atoms with E-state index >= 15 is 0 Å². The van der Waals surface area contributed by atoms with Crippen LogP contribution < -0.4 is 21.8 Å². The molecular weight excluding hydrogens is 558 g/mol. The minimum atomic E-state index is -1.11. The molecule has 0 aromatic carbocycles. The maximum absolute atomic E-state index is 12.2. The Labute approximate surface area is 250 Å². The van der Waals surface area contributed by atoms with Gasteiger partial charge in [0.25, 0.3) is 11.1 Å². The van der Waals surface area contributed by atoms with Crippen LogP contribution in [0.4, 0.5) is 5.95 Å². The third-order valence-corrected chi connectivity index (χ3v) is 7.47. The van der Waals surface area contributed by atoms with E-state index in [1.54, 1.807) is 20.8 Å². The summed E-state index contributed by atoms with van der Waals surface area (Å²) in [6.45, 7) is 12.0.